The molecule has 1 aliphatic rings. The number of benzene rings is 1. The Hall–Kier alpha value is -2.83. The van der Waals surface area contributed by atoms with Crippen LogP contribution in [0, 0.1) is 0 Å². The largest absolute Gasteiger partial charge is 0.342 e. The average Bonchev–Trinajstić information content (AvgIpc) is 3.22. The Bertz CT molecular complexity index is 907. The number of rotatable bonds is 5. The van der Waals surface area contributed by atoms with Crippen LogP contribution in [0.1, 0.15) is 48.8 Å². The van der Waals surface area contributed by atoms with E-state index in [9.17, 15) is 4.79 Å². The third kappa shape index (κ3) is 3.50. The molecule has 7 heteroatoms. The van der Waals surface area contributed by atoms with Gasteiger partial charge >= 0.3 is 6.03 Å². The fourth-order valence-corrected chi connectivity index (χ4v) is 2.93. The monoisotopic (exact) mass is 338 g/mol. The van der Waals surface area contributed by atoms with Crippen LogP contribution >= 0.6 is 0 Å². The van der Waals surface area contributed by atoms with Crippen LogP contribution in [0.2, 0.25) is 0 Å². The number of urea groups is 1. The van der Waals surface area contributed by atoms with Gasteiger partial charge in [-0.15, -0.1) is 0 Å². The number of carbonyl (C=O) groups is 1. The maximum Gasteiger partial charge on any atom is 0.315 e. The molecule has 2 heterocycles. The van der Waals surface area contributed by atoms with E-state index in [2.05, 4.69) is 31.7 Å². The van der Waals surface area contributed by atoms with Crippen molar-refractivity contribution in [3.05, 3.63) is 47.8 Å². The SMILES string of the molecule is CC(NC(=O)NCc1cn(C)cn1)c1ccc2nc(C3CC3)[nH]c2c1. The second-order valence-electron chi connectivity index (χ2n) is 6.75. The first-order valence-corrected chi connectivity index (χ1v) is 8.59. The normalized spacial score (nSPS) is 15.3. The summed E-state index contributed by atoms with van der Waals surface area (Å²) in [6.45, 7) is 2.38. The number of aromatic amines is 1. The van der Waals surface area contributed by atoms with Gasteiger partial charge in [-0.25, -0.2) is 14.8 Å². The number of nitrogens with zero attached hydrogens (tertiary/aromatic N) is 3. The summed E-state index contributed by atoms with van der Waals surface area (Å²) in [5.41, 5.74) is 3.89. The van der Waals surface area contributed by atoms with Gasteiger partial charge in [-0.3, -0.25) is 0 Å². The van der Waals surface area contributed by atoms with E-state index in [1.807, 2.05) is 36.9 Å². The van der Waals surface area contributed by atoms with E-state index in [1.54, 1.807) is 6.33 Å². The van der Waals surface area contributed by atoms with E-state index in [0.717, 1.165) is 28.1 Å². The molecule has 0 spiro atoms. The Kier molecular flexibility index (Phi) is 3.91. The van der Waals surface area contributed by atoms with Gasteiger partial charge in [0.15, 0.2) is 0 Å². The van der Waals surface area contributed by atoms with Crippen LogP contribution in [0.25, 0.3) is 11.0 Å². The second kappa shape index (κ2) is 6.23. The van der Waals surface area contributed by atoms with Crippen LogP contribution in [0.5, 0.6) is 0 Å². The van der Waals surface area contributed by atoms with Crippen molar-refractivity contribution in [2.45, 2.75) is 38.3 Å². The predicted octanol–water partition coefficient (Wildman–Crippen LogP) is 2.73. The zero-order valence-electron chi connectivity index (χ0n) is 14.4. The summed E-state index contributed by atoms with van der Waals surface area (Å²) in [6.07, 6.45) is 6.04. The molecule has 130 valence electrons. The van der Waals surface area contributed by atoms with E-state index < -0.39 is 0 Å². The number of nitrogens with one attached hydrogen (secondary N) is 3. The van der Waals surface area contributed by atoms with Gasteiger partial charge in [0.05, 0.1) is 35.6 Å². The molecular formula is C18H22N6O. The molecule has 1 unspecified atom stereocenters. The average molecular weight is 338 g/mol. The van der Waals surface area contributed by atoms with Crippen molar-refractivity contribution in [2.75, 3.05) is 0 Å². The van der Waals surface area contributed by atoms with E-state index in [0.29, 0.717) is 12.5 Å². The molecule has 0 aliphatic heterocycles. The molecule has 0 saturated heterocycles. The van der Waals surface area contributed by atoms with E-state index in [4.69, 9.17) is 0 Å². The third-order valence-electron chi connectivity index (χ3n) is 4.52. The van der Waals surface area contributed by atoms with E-state index in [-0.39, 0.29) is 12.1 Å². The molecule has 4 rings (SSSR count). The van der Waals surface area contributed by atoms with Gasteiger partial charge in [0.25, 0.3) is 0 Å². The first kappa shape index (κ1) is 15.7. The molecule has 25 heavy (non-hydrogen) atoms. The van der Waals surface area contributed by atoms with Gasteiger partial charge in [-0.2, -0.15) is 0 Å². The first-order chi connectivity index (χ1) is 12.1. The van der Waals surface area contributed by atoms with Crippen molar-refractivity contribution >= 4 is 17.1 Å². The van der Waals surface area contributed by atoms with Crippen molar-refractivity contribution in [3.8, 4) is 0 Å². The summed E-state index contributed by atoms with van der Waals surface area (Å²) in [7, 11) is 1.90. The minimum Gasteiger partial charge on any atom is -0.342 e. The third-order valence-corrected chi connectivity index (χ3v) is 4.52. The zero-order valence-corrected chi connectivity index (χ0v) is 14.4. The minimum absolute atomic E-state index is 0.0965. The highest BCUT2D eigenvalue weighted by Gasteiger charge is 2.26. The van der Waals surface area contributed by atoms with Crippen LogP contribution in [0.4, 0.5) is 4.79 Å². The maximum absolute atomic E-state index is 12.1. The van der Waals surface area contributed by atoms with Crippen molar-refractivity contribution in [1.29, 1.82) is 0 Å². The highest BCUT2D eigenvalue weighted by atomic mass is 16.2. The Morgan fingerprint density at radius 3 is 3.00 bits per heavy atom. The van der Waals surface area contributed by atoms with Gasteiger partial charge < -0.3 is 20.2 Å². The fraction of sp³-hybridized carbons (Fsp3) is 0.389. The number of aryl methyl sites for hydroxylation is 1. The quantitative estimate of drug-likeness (QED) is 0.668. The van der Waals surface area contributed by atoms with E-state index in [1.165, 1.54) is 12.8 Å². The summed E-state index contributed by atoms with van der Waals surface area (Å²) in [6, 6.07) is 5.79. The maximum atomic E-state index is 12.1. The lowest BCUT2D eigenvalue weighted by molar-refractivity contribution is 0.237. The van der Waals surface area contributed by atoms with Gasteiger partial charge in [0.1, 0.15) is 5.82 Å². The van der Waals surface area contributed by atoms with E-state index >= 15 is 0 Å². The minimum atomic E-state index is -0.207. The van der Waals surface area contributed by atoms with Gasteiger partial charge in [-0.05, 0) is 37.5 Å². The summed E-state index contributed by atoms with van der Waals surface area (Å²) in [4.78, 5) is 24.3. The van der Waals surface area contributed by atoms with Crippen molar-refractivity contribution in [3.63, 3.8) is 0 Å². The lowest BCUT2D eigenvalue weighted by Gasteiger charge is -2.14. The lowest BCUT2D eigenvalue weighted by atomic mass is 10.1. The van der Waals surface area contributed by atoms with Crippen LogP contribution < -0.4 is 10.6 Å². The summed E-state index contributed by atoms with van der Waals surface area (Å²) >= 11 is 0. The molecule has 2 aromatic heterocycles. The summed E-state index contributed by atoms with van der Waals surface area (Å²) in [5.74, 6) is 1.68. The number of hydrogen-bond acceptors (Lipinski definition) is 3. The van der Waals surface area contributed by atoms with Gasteiger partial charge in [-0.1, -0.05) is 6.07 Å². The van der Waals surface area contributed by atoms with Crippen molar-refractivity contribution in [1.82, 2.24) is 30.2 Å². The summed E-state index contributed by atoms with van der Waals surface area (Å²) < 4.78 is 1.85. The van der Waals surface area contributed by atoms with Crippen molar-refractivity contribution < 1.29 is 4.79 Å². The first-order valence-electron chi connectivity index (χ1n) is 8.59. The molecule has 3 N–H and O–H groups in total. The Morgan fingerprint density at radius 1 is 1.44 bits per heavy atom. The molecule has 0 bridgehead atoms. The molecular weight excluding hydrogens is 316 g/mol. The highest BCUT2D eigenvalue weighted by Crippen LogP contribution is 2.39. The molecule has 7 nitrogen and oxygen atoms in total. The molecule has 0 radical (unpaired) electrons. The van der Waals surface area contributed by atoms with Crippen LogP contribution in [0.3, 0.4) is 0 Å². The smallest absolute Gasteiger partial charge is 0.315 e. The van der Waals surface area contributed by atoms with Crippen LogP contribution in [0.15, 0.2) is 30.7 Å². The molecule has 2 amide bonds. The van der Waals surface area contributed by atoms with Crippen molar-refractivity contribution in [2.24, 2.45) is 7.05 Å². The predicted molar refractivity (Wildman–Crippen MR) is 95.1 cm³/mol. The Morgan fingerprint density at radius 2 is 2.28 bits per heavy atom. The van der Waals surface area contributed by atoms with Gasteiger partial charge in [0.2, 0.25) is 0 Å². The standard InChI is InChI=1S/C18H22N6O/c1-11(21-18(25)19-8-14-9-24(2)10-20-14)13-5-6-15-16(7-13)23-17(22-15)12-3-4-12/h5-7,9-12H,3-4,8H2,1-2H3,(H,22,23)(H2,19,21,25). The number of amides is 2. The van der Waals surface area contributed by atoms with Crippen LogP contribution in [-0.2, 0) is 13.6 Å². The highest BCUT2D eigenvalue weighted by molar-refractivity contribution is 5.77. The number of carbonyl (C=O) groups excluding carboxylic acids is 1. The molecule has 1 saturated carbocycles. The number of aromatic nitrogens is 4. The molecule has 1 atom stereocenters. The number of imidazole rings is 2. The molecule has 1 aliphatic carbocycles. The second-order valence-corrected chi connectivity index (χ2v) is 6.75. The number of H-pyrrole nitrogens is 1. The lowest BCUT2D eigenvalue weighted by Crippen LogP contribution is -2.36. The van der Waals surface area contributed by atoms with Gasteiger partial charge in [0, 0.05) is 19.2 Å². The molecule has 1 aromatic carbocycles. The van der Waals surface area contributed by atoms with Crippen LogP contribution in [-0.4, -0.2) is 25.6 Å². The molecule has 1 fully saturated rings. The fourth-order valence-electron chi connectivity index (χ4n) is 2.93. The molecule has 3 aromatic rings. The zero-order chi connectivity index (χ0) is 17.4. The Balaban J connectivity index is 1.38. The summed E-state index contributed by atoms with van der Waals surface area (Å²) in [5, 5.41) is 5.79. The topological polar surface area (TPSA) is 87.6 Å². The Labute approximate surface area is 145 Å². The number of hydrogen-bond donors (Lipinski definition) is 3. The number of fused-ring (bicyclic) bond motifs is 1.